The molecule has 0 spiro atoms. The first-order chi connectivity index (χ1) is 1.00. The molecular weight excluding hydrogens is 81.8 g/mol. The molecule has 0 atom stereocenters. The summed E-state index contributed by atoms with van der Waals surface area (Å²) in [5.41, 5.74) is 4.50. The summed E-state index contributed by atoms with van der Waals surface area (Å²) in [6, 6.07) is 0. The molecule has 6 heteroatoms. The van der Waals surface area contributed by atoms with Gasteiger partial charge in [-0.2, -0.15) is 4.91 Å². The van der Waals surface area contributed by atoms with Gasteiger partial charge in [-0.1, -0.05) is 5.59 Å². The molecule has 0 aromatic heterocycles. The standard InChI is InChI=1S/3Li.HNO.H2P.2H/c;;;1-2;;;/h;;;1H;1H2;;/q3*+1;;3*-1. The first-order valence-electron chi connectivity index (χ1n) is 0.204. The van der Waals surface area contributed by atoms with Gasteiger partial charge in [0.2, 0.25) is 0 Å². The van der Waals surface area contributed by atoms with E-state index >= 15 is 0 Å². The smallest absolute Gasteiger partial charge is 1.00 e. The molecule has 0 aromatic rings. The normalized spacial score (nSPS) is 0.667. The number of hydrogen-bond donors (Lipinski definition) is 1. The fraction of sp³-hybridized carbons (Fsp3) is 0. The van der Waals surface area contributed by atoms with Crippen LogP contribution in [0.3, 0.4) is 0 Å². The average molecular weight is 86.8 g/mol. The Bertz CT molecular complexity index is 17.2. The Hall–Kier alpha value is 1.82. The largest absolute Gasteiger partial charge is 1.00 e. The Kier molecular flexibility index (Phi) is 531. The minimum absolute atomic E-state index is 0. The number of hydrogen-bond acceptors (Lipinski definition) is 2. The van der Waals surface area contributed by atoms with Gasteiger partial charge in [0.05, 0.1) is 0 Å². The van der Waals surface area contributed by atoms with Crippen LogP contribution in [0.1, 0.15) is 2.85 Å². The summed E-state index contributed by atoms with van der Waals surface area (Å²) in [6.07, 6.45) is 0. The van der Waals surface area contributed by atoms with Crippen molar-refractivity contribution in [3.05, 3.63) is 4.91 Å². The molecule has 0 heterocycles. The molecule has 0 rings (SSSR count). The second kappa shape index (κ2) is 69.6. The van der Waals surface area contributed by atoms with Gasteiger partial charge in [-0.05, 0) is 0 Å². The monoisotopic (exact) mass is 87.1 g/mol. The van der Waals surface area contributed by atoms with Crippen molar-refractivity contribution in [3.8, 4) is 0 Å². The summed E-state index contributed by atoms with van der Waals surface area (Å²) >= 11 is 0. The summed E-state index contributed by atoms with van der Waals surface area (Å²) in [5.74, 6) is 0. The molecule has 0 fully saturated rings. The topological polar surface area (TPSA) is 40.9 Å². The average Bonchev–Trinajstić information content (AvgIpc) is 1.00. The molecule has 0 amide bonds. The van der Waals surface area contributed by atoms with Gasteiger partial charge in [-0.25, -0.2) is 0 Å². The van der Waals surface area contributed by atoms with Gasteiger partial charge in [0.15, 0.2) is 0 Å². The van der Waals surface area contributed by atoms with Crippen molar-refractivity contribution in [1.29, 1.82) is 5.59 Å². The molecule has 24 valence electrons. The molecule has 0 aliphatic heterocycles. The van der Waals surface area contributed by atoms with Gasteiger partial charge in [-0.3, -0.25) is 0 Å². The van der Waals surface area contributed by atoms with E-state index in [0.29, 0.717) is 0 Å². The zero-order valence-corrected chi connectivity index (χ0v) is 5.64. The zero-order chi connectivity index (χ0) is 2.00. The van der Waals surface area contributed by atoms with Gasteiger partial charge < -0.3 is 12.8 Å². The molecule has 0 unspecified atom stereocenters. The summed E-state index contributed by atoms with van der Waals surface area (Å²) in [7, 11) is 0. The third-order valence-electron chi connectivity index (χ3n) is 0. The van der Waals surface area contributed by atoms with Crippen molar-refractivity contribution in [1.82, 2.24) is 0 Å². The van der Waals surface area contributed by atoms with Gasteiger partial charge in [0, 0.05) is 0 Å². The first kappa shape index (κ1) is 45.7. The molecule has 0 aromatic carbocycles. The summed E-state index contributed by atoms with van der Waals surface area (Å²) in [4.78, 5) is 7.50. The first-order valence-corrected chi connectivity index (χ1v) is 0.204. The van der Waals surface area contributed by atoms with Crippen molar-refractivity contribution >= 4 is 9.90 Å². The minimum Gasteiger partial charge on any atom is -1.00 e. The summed E-state index contributed by atoms with van der Waals surface area (Å²) in [5, 5.41) is 0. The number of rotatable bonds is 0. The van der Waals surface area contributed by atoms with Crippen molar-refractivity contribution in [2.45, 2.75) is 0 Å². The van der Waals surface area contributed by atoms with E-state index in [2.05, 4.69) is 5.59 Å². The van der Waals surface area contributed by atoms with Crippen LogP contribution in [0.25, 0.3) is 0 Å². The van der Waals surface area contributed by atoms with Crippen LogP contribution in [0.5, 0.6) is 0 Å². The fourth-order valence-electron chi connectivity index (χ4n) is 0. The van der Waals surface area contributed by atoms with E-state index in [1.165, 1.54) is 0 Å². The molecule has 0 saturated heterocycles. The van der Waals surface area contributed by atoms with Crippen LogP contribution < -0.4 is 56.6 Å². The number of nitrogens with one attached hydrogen (secondary N) is 1. The minimum atomic E-state index is 0. The second-order valence-electron chi connectivity index (χ2n) is 0. The third-order valence-corrected chi connectivity index (χ3v) is 0. The van der Waals surface area contributed by atoms with E-state index in [4.69, 9.17) is 4.91 Å². The van der Waals surface area contributed by atoms with Crippen LogP contribution >= 0.6 is 9.90 Å². The van der Waals surface area contributed by atoms with Crippen LogP contribution in [0, 0.1) is 10.5 Å². The van der Waals surface area contributed by atoms with Crippen molar-refractivity contribution in [3.63, 3.8) is 0 Å². The Morgan fingerprint density at radius 2 is 1.00 bits per heavy atom. The van der Waals surface area contributed by atoms with Crippen molar-refractivity contribution < 1.29 is 59.4 Å². The van der Waals surface area contributed by atoms with E-state index in [-0.39, 0.29) is 69.3 Å². The van der Waals surface area contributed by atoms with Gasteiger partial charge in [0.25, 0.3) is 0 Å². The third kappa shape index (κ3) is 40.8. The van der Waals surface area contributed by atoms with E-state index in [0.717, 1.165) is 0 Å². The molecule has 0 aliphatic carbocycles. The number of nitroso groups, excluding NO2 is 1. The molecule has 2 nitrogen and oxygen atoms in total. The van der Waals surface area contributed by atoms with Gasteiger partial charge >= 0.3 is 56.6 Å². The van der Waals surface area contributed by atoms with E-state index in [1.807, 2.05) is 0 Å². The van der Waals surface area contributed by atoms with Crippen LogP contribution in [-0.4, -0.2) is 0 Å². The Labute approximate surface area is 79.5 Å². The SMILES string of the molecule is N=O.[H-].[H-].[Li+].[Li+].[Li+].[PH2-]. The fourth-order valence-corrected chi connectivity index (χ4v) is 0. The van der Waals surface area contributed by atoms with E-state index < -0.39 is 0 Å². The molecule has 0 saturated carbocycles. The maximum absolute atomic E-state index is 7.50. The molecule has 0 radical (unpaired) electrons. The quantitative estimate of drug-likeness (QED) is 0.178. The van der Waals surface area contributed by atoms with Crippen molar-refractivity contribution in [2.75, 3.05) is 0 Å². The molecular formula is H5Li3NOP. The van der Waals surface area contributed by atoms with Crippen LogP contribution in [0.4, 0.5) is 0 Å². The molecule has 6 heavy (non-hydrogen) atoms. The predicted octanol–water partition coefficient (Wildman–Crippen LogP) is -8.11. The Morgan fingerprint density at radius 1 is 1.00 bits per heavy atom. The van der Waals surface area contributed by atoms with Crippen molar-refractivity contribution in [2.24, 2.45) is 0 Å². The van der Waals surface area contributed by atoms with Crippen LogP contribution in [-0.2, 0) is 0 Å². The molecule has 0 bridgehead atoms. The van der Waals surface area contributed by atoms with Gasteiger partial charge in [0.1, 0.15) is 0 Å². The zero-order valence-electron chi connectivity index (χ0n) is 6.49. The summed E-state index contributed by atoms with van der Waals surface area (Å²) in [6.45, 7) is 0. The second-order valence-corrected chi connectivity index (χ2v) is 0. The van der Waals surface area contributed by atoms with E-state index in [1.54, 1.807) is 0 Å². The van der Waals surface area contributed by atoms with Crippen LogP contribution in [0.15, 0.2) is 0 Å². The Morgan fingerprint density at radius 3 is 1.00 bits per heavy atom. The maximum Gasteiger partial charge on any atom is 1.00 e. The van der Waals surface area contributed by atoms with Gasteiger partial charge in [-0.15, -0.1) is 0 Å². The van der Waals surface area contributed by atoms with Crippen LogP contribution in [0.2, 0.25) is 0 Å². The molecule has 1 N–H and O–H groups in total. The molecule has 0 aliphatic rings. The van der Waals surface area contributed by atoms with E-state index in [9.17, 15) is 0 Å². The summed E-state index contributed by atoms with van der Waals surface area (Å²) < 4.78 is 0. The maximum atomic E-state index is 7.50. The predicted molar refractivity (Wildman–Crippen MR) is 18.0 cm³/mol. The Balaban J connectivity index is -0.000000000333.